The quantitative estimate of drug-likeness (QED) is 0.474. The van der Waals surface area contributed by atoms with Gasteiger partial charge in [-0.05, 0) is 0 Å². The van der Waals surface area contributed by atoms with Gasteiger partial charge >= 0.3 is 6.03 Å². The highest BCUT2D eigenvalue weighted by Crippen LogP contribution is 1.95. The Morgan fingerprint density at radius 3 is 2.64 bits per heavy atom. The molecule has 0 saturated carbocycles. The Bertz CT molecular complexity index is 173. The second-order valence-corrected chi connectivity index (χ2v) is 2.13. The normalized spacial score (nSPS) is 23.2. The fourth-order valence-electron chi connectivity index (χ4n) is 0.757. The van der Waals surface area contributed by atoms with Gasteiger partial charge < -0.3 is 11.1 Å². The predicted octanol–water partition coefficient (Wildman–Crippen LogP) is -1.18. The number of carbonyl (C=O) groups excluding carboxylic acids is 2. The largest absolute Gasteiger partial charge is 0.337 e. The first-order valence-corrected chi connectivity index (χ1v) is 3.03. The van der Waals surface area contributed by atoms with Gasteiger partial charge in [0.2, 0.25) is 5.91 Å². The number of carbonyl (C=O) groups is 2. The SMILES string of the molecule is Cl.NCC1CNC(=O)NC1=O. The minimum Gasteiger partial charge on any atom is -0.337 e. The van der Waals surface area contributed by atoms with Crippen LogP contribution in [-0.4, -0.2) is 25.0 Å². The third kappa shape index (κ3) is 2.36. The van der Waals surface area contributed by atoms with Crippen LogP contribution in [-0.2, 0) is 4.79 Å². The van der Waals surface area contributed by atoms with Crippen LogP contribution in [0.2, 0.25) is 0 Å². The number of urea groups is 1. The summed E-state index contributed by atoms with van der Waals surface area (Å²) in [6, 6.07) is -0.435. The zero-order chi connectivity index (χ0) is 7.56. The summed E-state index contributed by atoms with van der Waals surface area (Å²) in [7, 11) is 0. The van der Waals surface area contributed by atoms with Gasteiger partial charge in [-0.1, -0.05) is 0 Å². The first-order valence-electron chi connectivity index (χ1n) is 3.03. The summed E-state index contributed by atoms with van der Waals surface area (Å²) >= 11 is 0. The molecule has 0 aromatic rings. The van der Waals surface area contributed by atoms with Crippen LogP contribution in [0.15, 0.2) is 0 Å². The van der Waals surface area contributed by atoms with E-state index in [1.54, 1.807) is 0 Å². The third-order valence-electron chi connectivity index (χ3n) is 1.40. The standard InChI is InChI=1S/C5H9N3O2.ClH/c6-1-3-2-7-5(10)8-4(3)9;/h3H,1-2,6H2,(H2,7,8,9,10);1H. The lowest BCUT2D eigenvalue weighted by Gasteiger charge is -2.19. The molecule has 1 rings (SSSR count). The highest BCUT2D eigenvalue weighted by Gasteiger charge is 2.23. The van der Waals surface area contributed by atoms with Gasteiger partial charge in [0.15, 0.2) is 0 Å². The number of nitrogens with one attached hydrogen (secondary N) is 2. The maximum absolute atomic E-state index is 10.8. The zero-order valence-electron chi connectivity index (χ0n) is 5.79. The van der Waals surface area contributed by atoms with Crippen molar-refractivity contribution in [2.24, 2.45) is 11.7 Å². The van der Waals surface area contributed by atoms with Gasteiger partial charge in [0, 0.05) is 13.1 Å². The molecule has 1 atom stereocenters. The molecular weight excluding hydrogens is 170 g/mol. The molecule has 0 spiro atoms. The lowest BCUT2D eigenvalue weighted by molar-refractivity contribution is -0.124. The van der Waals surface area contributed by atoms with Crippen molar-refractivity contribution >= 4 is 24.3 Å². The molecule has 5 nitrogen and oxygen atoms in total. The number of hydrogen-bond acceptors (Lipinski definition) is 3. The van der Waals surface area contributed by atoms with Crippen LogP contribution >= 0.6 is 12.4 Å². The fraction of sp³-hybridized carbons (Fsp3) is 0.600. The highest BCUT2D eigenvalue weighted by atomic mass is 35.5. The molecule has 1 fully saturated rings. The summed E-state index contributed by atoms with van der Waals surface area (Å²) in [5.41, 5.74) is 5.23. The topological polar surface area (TPSA) is 84.2 Å². The molecule has 0 aromatic carbocycles. The predicted molar refractivity (Wildman–Crippen MR) is 41.3 cm³/mol. The first-order chi connectivity index (χ1) is 4.74. The molecule has 0 bridgehead atoms. The van der Waals surface area contributed by atoms with Crippen molar-refractivity contribution in [3.05, 3.63) is 0 Å². The van der Waals surface area contributed by atoms with Crippen molar-refractivity contribution in [1.82, 2.24) is 10.6 Å². The lowest BCUT2D eigenvalue weighted by atomic mass is 10.1. The van der Waals surface area contributed by atoms with Crippen molar-refractivity contribution < 1.29 is 9.59 Å². The summed E-state index contributed by atoms with van der Waals surface area (Å²) in [5.74, 6) is -0.552. The van der Waals surface area contributed by atoms with E-state index in [1.165, 1.54) is 0 Å². The molecule has 11 heavy (non-hydrogen) atoms. The van der Waals surface area contributed by atoms with E-state index in [0.29, 0.717) is 6.54 Å². The number of rotatable bonds is 1. The minimum atomic E-state index is -0.435. The van der Waals surface area contributed by atoms with E-state index in [2.05, 4.69) is 10.6 Å². The summed E-state index contributed by atoms with van der Waals surface area (Å²) in [6.07, 6.45) is 0. The average molecular weight is 180 g/mol. The third-order valence-corrected chi connectivity index (χ3v) is 1.40. The Morgan fingerprint density at radius 2 is 2.18 bits per heavy atom. The van der Waals surface area contributed by atoms with Crippen LogP contribution in [0, 0.1) is 5.92 Å². The van der Waals surface area contributed by atoms with Crippen molar-refractivity contribution in [3.8, 4) is 0 Å². The van der Waals surface area contributed by atoms with Gasteiger partial charge in [-0.3, -0.25) is 10.1 Å². The zero-order valence-corrected chi connectivity index (χ0v) is 6.61. The van der Waals surface area contributed by atoms with Gasteiger partial charge in [0.25, 0.3) is 0 Å². The number of imide groups is 1. The van der Waals surface area contributed by atoms with Crippen molar-refractivity contribution in [1.29, 1.82) is 0 Å². The molecule has 1 saturated heterocycles. The van der Waals surface area contributed by atoms with Crippen LogP contribution in [0.1, 0.15) is 0 Å². The average Bonchev–Trinajstić information content (AvgIpc) is 1.88. The first kappa shape index (κ1) is 10.2. The maximum atomic E-state index is 10.8. The summed E-state index contributed by atoms with van der Waals surface area (Å²) < 4.78 is 0. The Hall–Kier alpha value is -0.810. The molecule has 3 amide bonds. The maximum Gasteiger partial charge on any atom is 0.321 e. The van der Waals surface area contributed by atoms with Crippen LogP contribution < -0.4 is 16.4 Å². The molecule has 64 valence electrons. The van der Waals surface area contributed by atoms with Gasteiger partial charge in [0.1, 0.15) is 0 Å². The van der Waals surface area contributed by atoms with Crippen LogP contribution in [0.5, 0.6) is 0 Å². The minimum absolute atomic E-state index is 0. The molecule has 1 unspecified atom stereocenters. The van der Waals surface area contributed by atoms with E-state index in [1.807, 2.05) is 0 Å². The molecular formula is C5H10ClN3O2. The summed E-state index contributed by atoms with van der Waals surface area (Å²) in [5, 5.41) is 4.57. The van der Waals surface area contributed by atoms with Gasteiger partial charge in [0.05, 0.1) is 5.92 Å². The second-order valence-electron chi connectivity index (χ2n) is 2.13. The Labute approximate surface area is 70.1 Å². The molecule has 4 N–H and O–H groups in total. The number of halogens is 1. The smallest absolute Gasteiger partial charge is 0.321 e. The fourth-order valence-corrected chi connectivity index (χ4v) is 0.757. The molecule has 6 heteroatoms. The van der Waals surface area contributed by atoms with Crippen molar-refractivity contribution in [2.75, 3.05) is 13.1 Å². The van der Waals surface area contributed by atoms with Crippen molar-refractivity contribution in [2.45, 2.75) is 0 Å². The summed E-state index contributed by atoms with van der Waals surface area (Å²) in [6.45, 7) is 0.618. The molecule has 0 radical (unpaired) electrons. The second kappa shape index (κ2) is 4.15. The highest BCUT2D eigenvalue weighted by molar-refractivity contribution is 5.97. The molecule has 0 aliphatic carbocycles. The van der Waals surface area contributed by atoms with Crippen molar-refractivity contribution in [3.63, 3.8) is 0 Å². The Kier molecular flexibility index (Phi) is 3.84. The molecule has 1 aliphatic heterocycles. The van der Waals surface area contributed by atoms with E-state index in [-0.39, 0.29) is 30.8 Å². The van der Waals surface area contributed by atoms with Gasteiger partial charge in [-0.25, -0.2) is 4.79 Å². The molecule has 1 heterocycles. The van der Waals surface area contributed by atoms with Gasteiger partial charge in [-0.15, -0.1) is 12.4 Å². The van der Waals surface area contributed by atoms with E-state index < -0.39 is 6.03 Å². The van der Waals surface area contributed by atoms with E-state index >= 15 is 0 Å². The van der Waals surface area contributed by atoms with Crippen LogP contribution in [0.3, 0.4) is 0 Å². The van der Waals surface area contributed by atoms with E-state index in [0.717, 1.165) is 0 Å². The Morgan fingerprint density at radius 1 is 1.55 bits per heavy atom. The number of hydrogen-bond donors (Lipinski definition) is 3. The number of amides is 3. The van der Waals surface area contributed by atoms with E-state index in [9.17, 15) is 9.59 Å². The Balaban J connectivity index is 0.000001000. The lowest BCUT2D eigenvalue weighted by Crippen LogP contribution is -2.54. The monoisotopic (exact) mass is 179 g/mol. The molecule has 0 aromatic heterocycles. The summed E-state index contributed by atoms with van der Waals surface area (Å²) in [4.78, 5) is 21.2. The molecule has 1 aliphatic rings. The van der Waals surface area contributed by atoms with Crippen LogP contribution in [0.25, 0.3) is 0 Å². The van der Waals surface area contributed by atoms with Gasteiger partial charge in [-0.2, -0.15) is 0 Å². The van der Waals surface area contributed by atoms with Crippen LogP contribution in [0.4, 0.5) is 4.79 Å². The number of nitrogens with two attached hydrogens (primary N) is 1. The van der Waals surface area contributed by atoms with E-state index in [4.69, 9.17) is 5.73 Å².